The second-order valence-corrected chi connectivity index (χ2v) is 15.5. The van der Waals surface area contributed by atoms with Crippen LogP contribution in [0.15, 0.2) is 60.7 Å². The molecule has 0 spiro atoms. The Kier molecular flexibility index (Phi) is 14.3. The first kappa shape index (κ1) is 43.5. The van der Waals surface area contributed by atoms with Crippen molar-refractivity contribution >= 4 is 29.6 Å². The number of methoxy groups -OCH3 is 1. The molecule has 4 rings (SSSR count). The van der Waals surface area contributed by atoms with Crippen molar-refractivity contribution in [2.45, 2.75) is 123 Å². The number of cyclic esters (lactones) is 1. The summed E-state index contributed by atoms with van der Waals surface area (Å²) in [7, 11) is 5.21. The molecule has 3 heterocycles. The SMILES string of the molecule is CCC1OC(=O)C(C)C(=O)C(C)[C@@H](OC2OC(C)CC(N(C)C)[C@H]2OC(=O)c2ccccc2)[C@@](C)(OC)C[C@@H](C)C(=O)/C(C)=C/[C@]1(C)OC(=O)n1ccnc1. The highest BCUT2D eigenvalue weighted by Gasteiger charge is 2.51. The van der Waals surface area contributed by atoms with Crippen LogP contribution in [0.4, 0.5) is 4.79 Å². The maximum Gasteiger partial charge on any atom is 0.420 e. The summed E-state index contributed by atoms with van der Waals surface area (Å²) in [6, 6.07) is 8.25. The molecule has 1 aromatic carbocycles. The van der Waals surface area contributed by atoms with Crippen LogP contribution in [0.2, 0.25) is 0 Å². The summed E-state index contributed by atoms with van der Waals surface area (Å²) in [6.45, 7) is 13.4. The van der Waals surface area contributed by atoms with E-state index in [9.17, 15) is 24.0 Å². The van der Waals surface area contributed by atoms with Gasteiger partial charge in [0, 0.05) is 31.3 Å². The summed E-state index contributed by atoms with van der Waals surface area (Å²) < 4.78 is 38.5. The summed E-state index contributed by atoms with van der Waals surface area (Å²) in [5.74, 6) is -5.23. The molecule has 0 bridgehead atoms. The van der Waals surface area contributed by atoms with Gasteiger partial charge in [-0.15, -0.1) is 0 Å². The van der Waals surface area contributed by atoms with Crippen molar-refractivity contribution in [3.63, 3.8) is 0 Å². The van der Waals surface area contributed by atoms with E-state index in [1.54, 1.807) is 71.9 Å². The Bertz CT molecular complexity index is 1700. The lowest BCUT2D eigenvalue weighted by Gasteiger charge is -2.47. The molecule has 55 heavy (non-hydrogen) atoms. The molecule has 0 N–H and O–H groups in total. The van der Waals surface area contributed by atoms with E-state index in [0.29, 0.717) is 12.0 Å². The lowest BCUT2D eigenvalue weighted by atomic mass is 9.77. The molecule has 0 amide bonds. The molecule has 14 nitrogen and oxygen atoms in total. The van der Waals surface area contributed by atoms with Crippen LogP contribution < -0.4 is 0 Å². The highest BCUT2D eigenvalue weighted by molar-refractivity contribution is 6.00. The number of hydrogen-bond acceptors (Lipinski definition) is 13. The molecule has 302 valence electrons. The summed E-state index contributed by atoms with van der Waals surface area (Å²) >= 11 is 0. The normalized spacial score (nSPS) is 34.9. The molecule has 1 aromatic heterocycles. The first-order chi connectivity index (χ1) is 25.8. The predicted molar refractivity (Wildman–Crippen MR) is 201 cm³/mol. The van der Waals surface area contributed by atoms with E-state index >= 15 is 0 Å². The van der Waals surface area contributed by atoms with Gasteiger partial charge in [0.2, 0.25) is 0 Å². The molecule has 6 unspecified atom stereocenters. The van der Waals surface area contributed by atoms with Crippen LogP contribution in [0.5, 0.6) is 0 Å². The van der Waals surface area contributed by atoms with Gasteiger partial charge < -0.3 is 33.3 Å². The number of esters is 2. The molecule has 1 fully saturated rings. The van der Waals surface area contributed by atoms with E-state index < -0.39 is 77.4 Å². The van der Waals surface area contributed by atoms with Gasteiger partial charge in [-0.25, -0.2) is 19.1 Å². The summed E-state index contributed by atoms with van der Waals surface area (Å²) in [5, 5.41) is 0. The van der Waals surface area contributed by atoms with Crippen LogP contribution in [0.1, 0.15) is 85.0 Å². The Hall–Kier alpha value is -4.24. The zero-order valence-corrected chi connectivity index (χ0v) is 33.8. The van der Waals surface area contributed by atoms with E-state index in [0.717, 1.165) is 4.57 Å². The number of aromatic nitrogens is 2. The fourth-order valence-corrected chi connectivity index (χ4v) is 7.68. The van der Waals surface area contributed by atoms with Crippen molar-refractivity contribution < 1.29 is 52.4 Å². The molecule has 0 aliphatic carbocycles. The number of Topliss-reactive ketones (excluding diaryl/α,β-unsaturated/α-hetero) is 2. The van der Waals surface area contributed by atoms with Crippen LogP contribution in [0, 0.1) is 17.8 Å². The van der Waals surface area contributed by atoms with Crippen molar-refractivity contribution in [2.24, 2.45) is 17.8 Å². The first-order valence-electron chi connectivity index (χ1n) is 18.8. The zero-order valence-electron chi connectivity index (χ0n) is 33.8. The van der Waals surface area contributed by atoms with Crippen molar-refractivity contribution in [3.8, 4) is 0 Å². The van der Waals surface area contributed by atoms with Crippen LogP contribution in [0.25, 0.3) is 0 Å². The molecular weight excluding hydrogens is 710 g/mol. The molecule has 0 saturated carbocycles. The fourth-order valence-electron chi connectivity index (χ4n) is 7.68. The van der Waals surface area contributed by atoms with Crippen molar-refractivity contribution in [1.82, 2.24) is 14.5 Å². The van der Waals surface area contributed by atoms with E-state index in [-0.39, 0.29) is 36.3 Å². The topological polar surface area (TPSA) is 162 Å². The Balaban J connectivity index is 1.78. The average Bonchev–Trinajstić information content (AvgIpc) is 3.70. The van der Waals surface area contributed by atoms with E-state index in [4.69, 9.17) is 28.4 Å². The van der Waals surface area contributed by atoms with Gasteiger partial charge in [-0.2, -0.15) is 0 Å². The third-order valence-corrected chi connectivity index (χ3v) is 10.9. The molecular formula is C41H57N3O11. The Morgan fingerprint density at radius 3 is 2.31 bits per heavy atom. The minimum Gasteiger partial charge on any atom is -0.457 e. The minimum absolute atomic E-state index is 0.0746. The summed E-state index contributed by atoms with van der Waals surface area (Å²) in [6.07, 6.45) is 0.963. The van der Waals surface area contributed by atoms with Crippen molar-refractivity contribution in [1.29, 1.82) is 0 Å². The number of carbonyl (C=O) groups is 5. The van der Waals surface area contributed by atoms with Gasteiger partial charge in [-0.1, -0.05) is 39.0 Å². The monoisotopic (exact) mass is 767 g/mol. The van der Waals surface area contributed by atoms with Crippen LogP contribution in [-0.4, -0.2) is 113 Å². The quantitative estimate of drug-likeness (QED) is 0.190. The molecule has 1 saturated heterocycles. The van der Waals surface area contributed by atoms with Crippen molar-refractivity contribution in [2.75, 3.05) is 21.2 Å². The lowest BCUT2D eigenvalue weighted by Crippen LogP contribution is -2.60. The highest BCUT2D eigenvalue weighted by atomic mass is 16.7. The van der Waals surface area contributed by atoms with E-state index in [1.165, 1.54) is 38.8 Å². The van der Waals surface area contributed by atoms with Crippen LogP contribution in [-0.2, 0) is 42.8 Å². The fraction of sp³-hybridized carbons (Fsp3) is 0.610. The number of benzene rings is 1. The number of ether oxygens (including phenoxy) is 6. The van der Waals surface area contributed by atoms with Crippen LogP contribution in [0.3, 0.4) is 0 Å². The maximum atomic E-state index is 14.4. The summed E-state index contributed by atoms with van der Waals surface area (Å²) in [4.78, 5) is 74.9. The second-order valence-electron chi connectivity index (χ2n) is 15.5. The van der Waals surface area contributed by atoms with Gasteiger partial charge in [-0.05, 0) is 91.8 Å². The number of rotatable bonds is 8. The molecule has 2 aromatic rings. The molecule has 2 aliphatic heterocycles. The van der Waals surface area contributed by atoms with E-state index in [1.807, 2.05) is 25.9 Å². The molecule has 11 atom stereocenters. The third-order valence-electron chi connectivity index (χ3n) is 10.9. The highest BCUT2D eigenvalue weighted by Crippen LogP contribution is 2.38. The van der Waals surface area contributed by atoms with Crippen LogP contribution >= 0.6 is 0 Å². The van der Waals surface area contributed by atoms with Gasteiger partial charge in [0.15, 0.2) is 29.6 Å². The summed E-state index contributed by atoms with van der Waals surface area (Å²) in [5.41, 5.74) is -2.32. The first-order valence-corrected chi connectivity index (χ1v) is 18.8. The van der Waals surface area contributed by atoms with Gasteiger partial charge in [0.1, 0.15) is 18.3 Å². The average molecular weight is 768 g/mol. The maximum absolute atomic E-state index is 14.4. The standard InChI is InChI=1S/C41H57N3O11/c1-12-31-40(7,55-39(49)44-19-18-42-23-44)21-24(2)32(45)25(3)22-41(8,50-11)35(27(5)33(46)28(6)36(47)52-31)54-38-34(30(43(9)10)20-26(4)51-38)53-37(48)29-16-14-13-15-17-29/h13-19,21,23,25-28,30-31,34-35,38H,12,20,22H2,1-11H3/b24-21+/t25-,26?,27?,28?,30?,31?,34-,35-,38?,40+,41+/m1/s1. The van der Waals surface area contributed by atoms with Gasteiger partial charge in [-0.3, -0.25) is 14.4 Å². The molecule has 0 radical (unpaired) electrons. The van der Waals surface area contributed by atoms with E-state index in [2.05, 4.69) is 4.98 Å². The lowest BCUT2D eigenvalue weighted by molar-refractivity contribution is -0.294. The number of ketones is 2. The number of imidazole rings is 1. The molecule has 14 heteroatoms. The number of likely N-dealkylation sites (N-methyl/N-ethyl adjacent to an activating group) is 1. The smallest absolute Gasteiger partial charge is 0.420 e. The zero-order chi connectivity index (χ0) is 40.8. The Morgan fingerprint density at radius 2 is 1.73 bits per heavy atom. The minimum atomic E-state index is -1.61. The number of allylic oxidation sites excluding steroid dienone is 1. The van der Waals surface area contributed by atoms with Crippen molar-refractivity contribution in [3.05, 3.63) is 66.3 Å². The number of hydrogen-bond donors (Lipinski definition) is 0. The van der Waals surface area contributed by atoms with Gasteiger partial charge >= 0.3 is 18.0 Å². The number of nitrogens with zero attached hydrogens (tertiary/aromatic N) is 3. The Morgan fingerprint density at radius 1 is 1.05 bits per heavy atom. The second kappa shape index (κ2) is 18.1. The van der Waals surface area contributed by atoms with Gasteiger partial charge in [0.05, 0.1) is 29.4 Å². The number of carbonyl (C=O) groups excluding carboxylic acids is 5. The van der Waals surface area contributed by atoms with Gasteiger partial charge in [0.25, 0.3) is 0 Å². The third kappa shape index (κ3) is 9.96. The molecule has 2 aliphatic rings. The largest absolute Gasteiger partial charge is 0.457 e. The Labute approximate surface area is 323 Å². The predicted octanol–water partition coefficient (Wildman–Crippen LogP) is 5.43.